The molecule has 1 fully saturated rings. The third-order valence-electron chi connectivity index (χ3n) is 4.14. The summed E-state index contributed by atoms with van der Waals surface area (Å²) < 4.78 is 16.3. The Kier molecular flexibility index (Phi) is 4.65. The summed E-state index contributed by atoms with van der Waals surface area (Å²) in [7, 11) is 0. The summed E-state index contributed by atoms with van der Waals surface area (Å²) >= 11 is 1.86. The van der Waals surface area contributed by atoms with Gasteiger partial charge in [0.1, 0.15) is 11.6 Å². The molecule has 1 aromatic carbocycles. The van der Waals surface area contributed by atoms with Crippen molar-refractivity contribution in [3.63, 3.8) is 0 Å². The van der Waals surface area contributed by atoms with E-state index >= 15 is 0 Å². The normalized spacial score (nSPS) is 18.2. The Labute approximate surface area is 150 Å². The number of benzene rings is 1. The molecule has 130 valence electrons. The minimum Gasteiger partial charge on any atom is -0.484 e. The second-order valence-corrected chi connectivity index (χ2v) is 6.92. The van der Waals surface area contributed by atoms with Crippen molar-refractivity contribution in [2.75, 3.05) is 29.8 Å². The molecule has 3 heterocycles. The highest BCUT2D eigenvalue weighted by Gasteiger charge is 2.29. The first-order valence-electron chi connectivity index (χ1n) is 8.14. The zero-order valence-electron chi connectivity index (χ0n) is 13.6. The molecule has 1 aromatic heterocycles. The summed E-state index contributed by atoms with van der Waals surface area (Å²) in [6.45, 7) is 0.169. The van der Waals surface area contributed by atoms with Gasteiger partial charge in [-0.15, -0.1) is 0 Å². The maximum Gasteiger partial charge on any atom is 0.266 e. The van der Waals surface area contributed by atoms with Gasteiger partial charge in [0.05, 0.1) is 0 Å². The van der Waals surface area contributed by atoms with E-state index in [4.69, 9.17) is 14.2 Å². The Morgan fingerprint density at radius 1 is 1.28 bits per heavy atom. The molecule has 2 aliphatic heterocycles. The number of hydrogen-bond donors (Lipinski definition) is 0. The van der Waals surface area contributed by atoms with E-state index in [1.54, 1.807) is 29.3 Å². The van der Waals surface area contributed by atoms with Gasteiger partial charge < -0.3 is 14.2 Å². The first kappa shape index (κ1) is 16.1. The quantitative estimate of drug-likeness (QED) is 0.819. The number of carbonyl (C=O) groups is 1. The number of anilines is 1. The molecule has 6 nitrogen and oxygen atoms in total. The van der Waals surface area contributed by atoms with Crippen molar-refractivity contribution >= 4 is 23.5 Å². The molecule has 1 saturated heterocycles. The predicted molar refractivity (Wildman–Crippen MR) is 95.5 cm³/mol. The molecule has 0 bridgehead atoms. The predicted octanol–water partition coefficient (Wildman–Crippen LogP) is 2.73. The Bertz CT molecular complexity index is 750. The molecule has 7 heteroatoms. The summed E-state index contributed by atoms with van der Waals surface area (Å²) in [5.74, 6) is 4.48. The van der Waals surface area contributed by atoms with Gasteiger partial charge in [0.25, 0.3) is 5.91 Å². The van der Waals surface area contributed by atoms with Gasteiger partial charge >= 0.3 is 0 Å². The van der Waals surface area contributed by atoms with Crippen molar-refractivity contribution in [3.8, 4) is 17.2 Å². The van der Waals surface area contributed by atoms with Gasteiger partial charge in [-0.3, -0.25) is 9.69 Å². The molecule has 1 unspecified atom stereocenters. The molecule has 1 atom stereocenters. The van der Waals surface area contributed by atoms with Crippen molar-refractivity contribution in [2.45, 2.75) is 12.5 Å². The molecular formula is C18H18N2O4S. The van der Waals surface area contributed by atoms with Gasteiger partial charge in [0.15, 0.2) is 18.1 Å². The zero-order chi connectivity index (χ0) is 17.1. The van der Waals surface area contributed by atoms with Crippen LogP contribution in [-0.2, 0) is 4.79 Å². The second-order valence-electron chi connectivity index (χ2n) is 5.77. The minimum absolute atomic E-state index is 0.0443. The van der Waals surface area contributed by atoms with Crippen molar-refractivity contribution in [1.82, 2.24) is 4.98 Å². The molecule has 4 rings (SSSR count). The topological polar surface area (TPSA) is 60.9 Å². The van der Waals surface area contributed by atoms with Crippen LogP contribution >= 0.6 is 11.8 Å². The number of hydrogen-bond acceptors (Lipinski definition) is 6. The van der Waals surface area contributed by atoms with Gasteiger partial charge in [-0.25, -0.2) is 4.98 Å². The highest BCUT2D eigenvalue weighted by atomic mass is 32.2. The van der Waals surface area contributed by atoms with Crippen molar-refractivity contribution in [3.05, 3.63) is 42.6 Å². The first-order valence-corrected chi connectivity index (χ1v) is 9.30. The number of aromatic nitrogens is 1. The van der Waals surface area contributed by atoms with Crippen LogP contribution in [0.5, 0.6) is 17.2 Å². The van der Waals surface area contributed by atoms with Crippen molar-refractivity contribution in [2.24, 2.45) is 0 Å². The van der Waals surface area contributed by atoms with Crippen LogP contribution in [0.25, 0.3) is 0 Å². The van der Waals surface area contributed by atoms with Crippen LogP contribution in [0.3, 0.4) is 0 Å². The fourth-order valence-corrected chi connectivity index (χ4v) is 4.11. The van der Waals surface area contributed by atoms with E-state index in [9.17, 15) is 4.79 Å². The van der Waals surface area contributed by atoms with Crippen LogP contribution in [0.2, 0.25) is 0 Å². The highest BCUT2D eigenvalue weighted by molar-refractivity contribution is 7.99. The first-order chi connectivity index (χ1) is 12.3. The minimum atomic E-state index is -0.0936. The van der Waals surface area contributed by atoms with Gasteiger partial charge in [-0.2, -0.15) is 11.8 Å². The number of thioether (sulfide) groups is 1. The number of fused-ring (bicyclic) bond motifs is 1. The average Bonchev–Trinajstić information content (AvgIpc) is 3.32. The lowest BCUT2D eigenvalue weighted by atomic mass is 10.2. The van der Waals surface area contributed by atoms with Crippen LogP contribution in [0.1, 0.15) is 6.42 Å². The molecule has 2 aliphatic rings. The van der Waals surface area contributed by atoms with E-state index in [2.05, 4.69) is 4.98 Å². The monoisotopic (exact) mass is 358 g/mol. The maximum absolute atomic E-state index is 12.8. The summed E-state index contributed by atoms with van der Waals surface area (Å²) in [5.41, 5.74) is 0. The fraction of sp³-hybridized carbons (Fsp3) is 0.333. The number of nitrogens with zero attached hydrogens (tertiary/aromatic N) is 2. The summed E-state index contributed by atoms with van der Waals surface area (Å²) in [6, 6.07) is 11.1. The zero-order valence-corrected chi connectivity index (χ0v) is 14.4. The smallest absolute Gasteiger partial charge is 0.266 e. The number of rotatable bonds is 5. The molecule has 0 saturated carbocycles. The number of ether oxygens (including phenoxy) is 3. The number of pyridine rings is 1. The molecule has 0 N–H and O–H groups in total. The van der Waals surface area contributed by atoms with E-state index in [1.165, 1.54) is 0 Å². The maximum atomic E-state index is 12.8. The van der Waals surface area contributed by atoms with Gasteiger partial charge in [0.2, 0.25) is 6.79 Å². The Morgan fingerprint density at radius 2 is 2.20 bits per heavy atom. The Balaban J connectivity index is 1.47. The van der Waals surface area contributed by atoms with Crippen LogP contribution in [0, 0.1) is 0 Å². The third kappa shape index (κ3) is 3.51. The van der Waals surface area contributed by atoms with Crippen LogP contribution < -0.4 is 19.1 Å². The van der Waals surface area contributed by atoms with Crippen molar-refractivity contribution < 1.29 is 19.0 Å². The molecule has 1 amide bonds. The standard InChI is InChI=1S/C18H18N2O4S/c21-18(10-22-14-4-5-15-16(9-14)24-12-23-15)20(13-6-8-25-11-13)17-3-1-2-7-19-17/h1-5,7,9,13H,6,8,10-12H2. The van der Waals surface area contributed by atoms with E-state index < -0.39 is 0 Å². The largest absolute Gasteiger partial charge is 0.484 e. The summed E-state index contributed by atoms with van der Waals surface area (Å²) in [6.07, 6.45) is 2.67. The van der Waals surface area contributed by atoms with E-state index in [1.807, 2.05) is 30.0 Å². The lowest BCUT2D eigenvalue weighted by molar-refractivity contribution is -0.121. The van der Waals surface area contributed by atoms with Crippen LogP contribution in [0.4, 0.5) is 5.82 Å². The lowest BCUT2D eigenvalue weighted by Crippen LogP contribution is -2.43. The van der Waals surface area contributed by atoms with Gasteiger partial charge in [-0.1, -0.05) is 6.07 Å². The second kappa shape index (κ2) is 7.23. The molecule has 0 radical (unpaired) electrons. The molecule has 0 spiro atoms. The Hall–Kier alpha value is -2.41. The average molecular weight is 358 g/mol. The number of amides is 1. The fourth-order valence-electron chi connectivity index (χ4n) is 2.92. The summed E-state index contributed by atoms with van der Waals surface area (Å²) in [4.78, 5) is 19.0. The Morgan fingerprint density at radius 3 is 3.00 bits per heavy atom. The van der Waals surface area contributed by atoms with E-state index in [-0.39, 0.29) is 25.3 Å². The van der Waals surface area contributed by atoms with Crippen LogP contribution in [-0.4, -0.2) is 41.8 Å². The third-order valence-corrected chi connectivity index (χ3v) is 5.29. The van der Waals surface area contributed by atoms with E-state index in [0.717, 1.165) is 17.9 Å². The van der Waals surface area contributed by atoms with Crippen LogP contribution in [0.15, 0.2) is 42.6 Å². The SMILES string of the molecule is O=C(COc1ccc2c(c1)OCO2)N(c1ccccn1)C1CCSC1. The highest BCUT2D eigenvalue weighted by Crippen LogP contribution is 2.35. The summed E-state index contributed by atoms with van der Waals surface area (Å²) in [5, 5.41) is 0. The molecular weight excluding hydrogens is 340 g/mol. The van der Waals surface area contributed by atoms with Crippen molar-refractivity contribution in [1.29, 1.82) is 0 Å². The van der Waals surface area contributed by atoms with Gasteiger partial charge in [-0.05, 0) is 36.4 Å². The molecule has 2 aromatic rings. The molecule has 0 aliphatic carbocycles. The molecule has 25 heavy (non-hydrogen) atoms. The van der Waals surface area contributed by atoms with Gasteiger partial charge in [0, 0.05) is 24.1 Å². The number of carbonyl (C=O) groups excluding carboxylic acids is 1. The van der Waals surface area contributed by atoms with E-state index in [0.29, 0.717) is 23.1 Å². The lowest BCUT2D eigenvalue weighted by Gasteiger charge is -2.27.